The van der Waals surface area contributed by atoms with Gasteiger partial charge in [-0.15, -0.1) is 6.58 Å². The van der Waals surface area contributed by atoms with Crippen molar-refractivity contribution < 1.29 is 9.53 Å². The monoisotopic (exact) mass is 288 g/mol. The number of hydrogen-bond acceptors (Lipinski definition) is 3. The molecule has 1 amide bonds. The third-order valence-electron chi connectivity index (χ3n) is 3.94. The van der Waals surface area contributed by atoms with Gasteiger partial charge in [0.1, 0.15) is 5.75 Å². The molecule has 4 nitrogen and oxygen atoms in total. The van der Waals surface area contributed by atoms with Gasteiger partial charge in [-0.25, -0.2) is 0 Å². The van der Waals surface area contributed by atoms with Crippen LogP contribution >= 0.6 is 0 Å². The summed E-state index contributed by atoms with van der Waals surface area (Å²) < 4.78 is 5.38. The smallest absolute Gasteiger partial charge is 0.221 e. The largest absolute Gasteiger partial charge is 0.496 e. The Hall–Kier alpha value is -1.81. The van der Waals surface area contributed by atoms with Crippen LogP contribution in [0.3, 0.4) is 0 Å². The predicted octanol–water partition coefficient (Wildman–Crippen LogP) is 2.13. The van der Waals surface area contributed by atoms with Gasteiger partial charge in [-0.2, -0.15) is 0 Å². The van der Waals surface area contributed by atoms with Gasteiger partial charge in [0.05, 0.1) is 7.11 Å². The maximum absolute atomic E-state index is 11.5. The molecule has 1 unspecified atom stereocenters. The molecule has 1 fully saturated rings. The fourth-order valence-electron chi connectivity index (χ4n) is 2.66. The van der Waals surface area contributed by atoms with Gasteiger partial charge >= 0.3 is 0 Å². The van der Waals surface area contributed by atoms with Gasteiger partial charge in [-0.3, -0.25) is 9.69 Å². The number of nitrogens with one attached hydrogen (secondary N) is 1. The highest BCUT2D eigenvalue weighted by atomic mass is 16.5. The molecule has 0 bridgehead atoms. The maximum atomic E-state index is 11.5. The fraction of sp³-hybridized carbons (Fsp3) is 0.471. The normalized spacial score (nSPS) is 19.7. The van der Waals surface area contributed by atoms with E-state index in [1.165, 1.54) is 5.56 Å². The Morgan fingerprint density at radius 1 is 1.52 bits per heavy atom. The van der Waals surface area contributed by atoms with Crippen LogP contribution in [0.1, 0.15) is 24.5 Å². The topological polar surface area (TPSA) is 41.6 Å². The molecule has 1 aromatic rings. The van der Waals surface area contributed by atoms with Crippen molar-refractivity contribution in [3.63, 3.8) is 0 Å². The number of rotatable bonds is 5. The van der Waals surface area contributed by atoms with Crippen LogP contribution in [0.2, 0.25) is 0 Å². The van der Waals surface area contributed by atoms with Crippen LogP contribution in [0.4, 0.5) is 0 Å². The lowest BCUT2D eigenvalue weighted by molar-refractivity contribution is -0.120. The average Bonchev–Trinajstić information content (AvgIpc) is 2.63. The number of allylic oxidation sites excluding steroid dienone is 1. The van der Waals surface area contributed by atoms with Crippen molar-refractivity contribution in [1.82, 2.24) is 10.2 Å². The summed E-state index contributed by atoms with van der Waals surface area (Å²) in [5.74, 6) is 1.05. The van der Waals surface area contributed by atoms with E-state index in [9.17, 15) is 4.79 Å². The molecule has 0 aromatic heterocycles. The Bertz CT molecular complexity index is 514. The molecule has 114 valence electrons. The number of amides is 1. The highest BCUT2D eigenvalue weighted by Crippen LogP contribution is 2.22. The molecular formula is C17H24N2O2. The van der Waals surface area contributed by atoms with Crippen molar-refractivity contribution in [3.8, 4) is 5.75 Å². The summed E-state index contributed by atoms with van der Waals surface area (Å²) in [6, 6.07) is 6.63. The van der Waals surface area contributed by atoms with E-state index in [0.29, 0.717) is 19.0 Å². The molecule has 1 heterocycles. The van der Waals surface area contributed by atoms with E-state index in [4.69, 9.17) is 4.74 Å². The molecule has 1 aliphatic rings. The van der Waals surface area contributed by atoms with Crippen LogP contribution in [-0.4, -0.2) is 37.0 Å². The molecule has 0 saturated carbocycles. The third kappa shape index (κ3) is 4.08. The van der Waals surface area contributed by atoms with E-state index in [0.717, 1.165) is 30.8 Å². The van der Waals surface area contributed by atoms with Crippen LogP contribution in [0.15, 0.2) is 30.9 Å². The molecule has 0 spiro atoms. The first-order chi connectivity index (χ1) is 10.1. The number of carbonyl (C=O) groups excluding carboxylic acids is 1. The van der Waals surface area contributed by atoms with Crippen LogP contribution in [-0.2, 0) is 17.8 Å². The van der Waals surface area contributed by atoms with Crippen molar-refractivity contribution in [2.45, 2.75) is 32.4 Å². The SMILES string of the molecule is C=CCc1cc(CN2CCC(=O)NCC2C)ccc1OC. The van der Waals surface area contributed by atoms with Gasteiger partial charge in [0.25, 0.3) is 0 Å². The molecule has 1 atom stereocenters. The molecule has 0 radical (unpaired) electrons. The summed E-state index contributed by atoms with van der Waals surface area (Å²) >= 11 is 0. The van der Waals surface area contributed by atoms with E-state index < -0.39 is 0 Å². The van der Waals surface area contributed by atoms with E-state index in [-0.39, 0.29) is 5.91 Å². The first-order valence-corrected chi connectivity index (χ1v) is 7.41. The molecule has 1 aliphatic heterocycles. The minimum absolute atomic E-state index is 0.145. The van der Waals surface area contributed by atoms with E-state index in [1.54, 1.807) is 7.11 Å². The summed E-state index contributed by atoms with van der Waals surface area (Å²) in [7, 11) is 1.69. The minimum Gasteiger partial charge on any atom is -0.496 e. The average molecular weight is 288 g/mol. The van der Waals surface area contributed by atoms with E-state index in [1.807, 2.05) is 12.1 Å². The summed E-state index contributed by atoms with van der Waals surface area (Å²) in [5.41, 5.74) is 2.40. The summed E-state index contributed by atoms with van der Waals surface area (Å²) in [6.07, 6.45) is 3.26. The number of nitrogens with zero attached hydrogens (tertiary/aromatic N) is 1. The first kappa shape index (κ1) is 15.6. The van der Waals surface area contributed by atoms with Crippen molar-refractivity contribution in [1.29, 1.82) is 0 Å². The third-order valence-corrected chi connectivity index (χ3v) is 3.94. The van der Waals surface area contributed by atoms with Gasteiger partial charge in [-0.1, -0.05) is 18.2 Å². The number of ether oxygens (including phenoxy) is 1. The molecule has 4 heteroatoms. The van der Waals surface area contributed by atoms with Gasteiger partial charge in [0, 0.05) is 32.1 Å². The van der Waals surface area contributed by atoms with Crippen molar-refractivity contribution >= 4 is 5.91 Å². The molecule has 1 N–H and O–H groups in total. The standard InChI is InChI=1S/C17H24N2O2/c1-4-5-15-10-14(6-7-16(15)21-3)12-19-9-8-17(20)18-11-13(19)2/h4,6-7,10,13H,1,5,8-9,11-12H2,2-3H3,(H,18,20). The van der Waals surface area contributed by atoms with E-state index >= 15 is 0 Å². The summed E-state index contributed by atoms with van der Waals surface area (Å²) in [4.78, 5) is 13.8. The Labute approximate surface area is 126 Å². The number of methoxy groups -OCH3 is 1. The zero-order valence-corrected chi connectivity index (χ0v) is 12.9. The summed E-state index contributed by atoms with van der Waals surface area (Å²) in [5, 5.41) is 2.95. The van der Waals surface area contributed by atoms with Crippen LogP contribution in [0.5, 0.6) is 5.75 Å². The van der Waals surface area contributed by atoms with Crippen molar-refractivity contribution in [2.75, 3.05) is 20.2 Å². The Balaban J connectivity index is 2.12. The van der Waals surface area contributed by atoms with Crippen LogP contribution < -0.4 is 10.1 Å². The minimum atomic E-state index is 0.145. The van der Waals surface area contributed by atoms with Crippen molar-refractivity contribution in [3.05, 3.63) is 42.0 Å². The molecule has 1 saturated heterocycles. The zero-order valence-electron chi connectivity index (χ0n) is 12.9. The Kier molecular flexibility index (Phi) is 5.39. The second-order valence-corrected chi connectivity index (χ2v) is 5.51. The van der Waals surface area contributed by atoms with Gasteiger partial charge in [0.15, 0.2) is 0 Å². The Morgan fingerprint density at radius 3 is 3.05 bits per heavy atom. The zero-order chi connectivity index (χ0) is 15.2. The fourth-order valence-corrected chi connectivity index (χ4v) is 2.66. The lowest BCUT2D eigenvalue weighted by Gasteiger charge is -2.26. The van der Waals surface area contributed by atoms with E-state index in [2.05, 4.69) is 35.9 Å². The molecule has 2 rings (SSSR count). The quantitative estimate of drug-likeness (QED) is 0.844. The Morgan fingerprint density at radius 2 is 2.33 bits per heavy atom. The maximum Gasteiger partial charge on any atom is 0.221 e. The predicted molar refractivity (Wildman–Crippen MR) is 84.4 cm³/mol. The van der Waals surface area contributed by atoms with Gasteiger partial charge < -0.3 is 10.1 Å². The molecular weight excluding hydrogens is 264 g/mol. The summed E-state index contributed by atoms with van der Waals surface area (Å²) in [6.45, 7) is 8.32. The highest BCUT2D eigenvalue weighted by Gasteiger charge is 2.20. The molecule has 21 heavy (non-hydrogen) atoms. The second-order valence-electron chi connectivity index (χ2n) is 5.51. The van der Waals surface area contributed by atoms with Crippen molar-refractivity contribution in [2.24, 2.45) is 0 Å². The number of carbonyl (C=O) groups is 1. The van der Waals surface area contributed by atoms with Crippen LogP contribution in [0, 0.1) is 0 Å². The highest BCUT2D eigenvalue weighted by molar-refractivity contribution is 5.76. The molecule has 0 aliphatic carbocycles. The second kappa shape index (κ2) is 7.27. The van der Waals surface area contributed by atoms with Gasteiger partial charge in [0.2, 0.25) is 5.91 Å². The molecule has 1 aromatic carbocycles. The number of hydrogen-bond donors (Lipinski definition) is 1. The van der Waals surface area contributed by atoms with Crippen LogP contribution in [0.25, 0.3) is 0 Å². The first-order valence-electron chi connectivity index (χ1n) is 7.41. The number of benzene rings is 1. The lowest BCUT2D eigenvalue weighted by Crippen LogP contribution is -2.37. The van der Waals surface area contributed by atoms with Gasteiger partial charge in [-0.05, 0) is 30.5 Å². The lowest BCUT2D eigenvalue weighted by atomic mass is 10.1.